The number of carbonyl (C=O) groups excluding carboxylic acids is 1. The molecular weight excluding hydrogens is 282 g/mol. The minimum atomic E-state index is -3.27. The average molecular weight is 299 g/mol. The van der Waals surface area contributed by atoms with E-state index in [2.05, 4.69) is 0 Å². The van der Waals surface area contributed by atoms with Gasteiger partial charge in [-0.25, -0.2) is 8.42 Å². The number of carbonyl (C=O) groups is 1. The molecule has 7 heteroatoms. The van der Waals surface area contributed by atoms with Gasteiger partial charge in [0, 0.05) is 18.4 Å². The van der Waals surface area contributed by atoms with E-state index < -0.39 is 9.84 Å². The third-order valence-corrected chi connectivity index (χ3v) is 4.36. The van der Waals surface area contributed by atoms with E-state index in [1.807, 2.05) is 0 Å². The molecule has 1 amide bonds. The molecule has 0 spiro atoms. The Kier molecular flexibility index (Phi) is 4.42. The molecule has 1 atom stereocenters. The largest absolute Gasteiger partial charge is 0.394 e. The van der Waals surface area contributed by atoms with Crippen LogP contribution in [0.5, 0.6) is 0 Å². The highest BCUT2D eigenvalue weighted by molar-refractivity contribution is 7.90. The predicted molar refractivity (Wildman–Crippen MR) is 72.3 cm³/mol. The molecule has 1 aromatic carbocycles. The Bertz CT molecular complexity index is 581. The van der Waals surface area contributed by atoms with Crippen LogP contribution in [-0.4, -0.2) is 63.0 Å². The number of rotatable bonds is 3. The first-order valence-corrected chi connectivity index (χ1v) is 8.12. The summed E-state index contributed by atoms with van der Waals surface area (Å²) >= 11 is 0. The van der Waals surface area contributed by atoms with Gasteiger partial charge >= 0.3 is 0 Å². The van der Waals surface area contributed by atoms with Crippen LogP contribution in [0.25, 0.3) is 0 Å². The third-order valence-electron chi connectivity index (χ3n) is 3.23. The van der Waals surface area contributed by atoms with Gasteiger partial charge in [0.1, 0.15) is 0 Å². The molecule has 0 aromatic heterocycles. The highest BCUT2D eigenvalue weighted by Gasteiger charge is 2.27. The Morgan fingerprint density at radius 2 is 2.05 bits per heavy atom. The topological polar surface area (TPSA) is 83.9 Å². The van der Waals surface area contributed by atoms with Crippen LogP contribution in [0.2, 0.25) is 0 Å². The molecule has 0 aliphatic carbocycles. The number of hydrogen-bond donors (Lipinski definition) is 1. The average Bonchev–Trinajstić information content (AvgIpc) is 2.45. The van der Waals surface area contributed by atoms with E-state index in [0.717, 1.165) is 6.26 Å². The molecule has 20 heavy (non-hydrogen) atoms. The molecular formula is C13H17NO5S. The van der Waals surface area contributed by atoms with Crippen LogP contribution in [0.1, 0.15) is 10.4 Å². The highest BCUT2D eigenvalue weighted by Crippen LogP contribution is 2.15. The molecule has 2 rings (SSSR count). The van der Waals surface area contributed by atoms with E-state index in [4.69, 9.17) is 4.74 Å². The van der Waals surface area contributed by atoms with Crippen molar-refractivity contribution in [1.82, 2.24) is 4.90 Å². The molecule has 1 heterocycles. The quantitative estimate of drug-likeness (QED) is 0.844. The van der Waals surface area contributed by atoms with E-state index in [1.165, 1.54) is 24.3 Å². The minimum Gasteiger partial charge on any atom is -0.394 e. The molecule has 1 fully saturated rings. The van der Waals surface area contributed by atoms with Crippen LogP contribution in [0, 0.1) is 0 Å². The summed E-state index contributed by atoms with van der Waals surface area (Å²) in [5.41, 5.74) is 0.401. The first kappa shape index (κ1) is 15.0. The van der Waals surface area contributed by atoms with Gasteiger partial charge in [-0.2, -0.15) is 0 Å². The standard InChI is InChI=1S/C13H17NO5S/c1-20(17,18)12-4-2-10(3-5-12)13(16)14-6-7-19-9-11(14)8-15/h2-5,11,15H,6-9H2,1H3. The first-order valence-electron chi connectivity index (χ1n) is 6.23. The van der Waals surface area contributed by atoms with Gasteiger partial charge in [-0.3, -0.25) is 4.79 Å². The lowest BCUT2D eigenvalue weighted by Gasteiger charge is -2.34. The molecule has 6 nitrogen and oxygen atoms in total. The molecule has 0 bridgehead atoms. The number of aliphatic hydroxyl groups excluding tert-OH is 1. The summed E-state index contributed by atoms with van der Waals surface area (Å²) in [6, 6.07) is 5.45. The zero-order valence-corrected chi connectivity index (χ0v) is 12.0. The lowest BCUT2D eigenvalue weighted by Crippen LogP contribution is -2.50. The van der Waals surface area contributed by atoms with Gasteiger partial charge in [-0.05, 0) is 24.3 Å². The summed E-state index contributed by atoms with van der Waals surface area (Å²) in [5, 5.41) is 9.25. The fourth-order valence-electron chi connectivity index (χ4n) is 2.08. The SMILES string of the molecule is CS(=O)(=O)c1ccc(C(=O)N2CCOCC2CO)cc1. The van der Waals surface area contributed by atoms with Crippen LogP contribution in [0.15, 0.2) is 29.2 Å². The zero-order chi connectivity index (χ0) is 14.8. The number of amides is 1. The fraction of sp³-hybridized carbons (Fsp3) is 0.462. The van der Waals surface area contributed by atoms with Gasteiger partial charge in [0.25, 0.3) is 5.91 Å². The molecule has 0 saturated carbocycles. The van der Waals surface area contributed by atoms with Crippen LogP contribution >= 0.6 is 0 Å². The number of ether oxygens (including phenoxy) is 1. The maximum absolute atomic E-state index is 12.3. The van der Waals surface area contributed by atoms with Gasteiger partial charge in [0.2, 0.25) is 0 Å². The van der Waals surface area contributed by atoms with Gasteiger partial charge < -0.3 is 14.7 Å². The van der Waals surface area contributed by atoms with Crippen molar-refractivity contribution in [3.05, 3.63) is 29.8 Å². The fourth-order valence-corrected chi connectivity index (χ4v) is 2.71. The maximum atomic E-state index is 12.3. The monoisotopic (exact) mass is 299 g/mol. The number of nitrogens with zero attached hydrogens (tertiary/aromatic N) is 1. The maximum Gasteiger partial charge on any atom is 0.254 e. The normalized spacial score (nSPS) is 19.9. The van der Waals surface area contributed by atoms with Crippen molar-refractivity contribution < 1.29 is 23.1 Å². The Morgan fingerprint density at radius 1 is 1.40 bits per heavy atom. The zero-order valence-electron chi connectivity index (χ0n) is 11.2. The Morgan fingerprint density at radius 3 is 2.60 bits per heavy atom. The van der Waals surface area contributed by atoms with Crippen LogP contribution in [0.3, 0.4) is 0 Å². The van der Waals surface area contributed by atoms with E-state index in [1.54, 1.807) is 4.90 Å². The molecule has 1 aliphatic rings. The summed E-state index contributed by atoms with van der Waals surface area (Å²) in [6.45, 7) is 0.998. The predicted octanol–water partition coefficient (Wildman–Crippen LogP) is -0.0766. The van der Waals surface area contributed by atoms with Crippen molar-refractivity contribution in [2.45, 2.75) is 10.9 Å². The lowest BCUT2D eigenvalue weighted by molar-refractivity contribution is -0.0183. The molecule has 1 aliphatic heterocycles. The molecule has 1 saturated heterocycles. The number of morpholine rings is 1. The van der Waals surface area contributed by atoms with Crippen molar-refractivity contribution in [1.29, 1.82) is 0 Å². The Labute approximate surface area is 117 Å². The van der Waals surface area contributed by atoms with E-state index >= 15 is 0 Å². The van der Waals surface area contributed by atoms with Crippen molar-refractivity contribution in [3.63, 3.8) is 0 Å². The van der Waals surface area contributed by atoms with E-state index in [-0.39, 0.29) is 23.5 Å². The summed E-state index contributed by atoms with van der Waals surface area (Å²) in [6.07, 6.45) is 1.12. The molecule has 0 radical (unpaired) electrons. The summed E-state index contributed by atoms with van der Waals surface area (Å²) < 4.78 is 28.0. The van der Waals surface area contributed by atoms with Crippen molar-refractivity contribution in [3.8, 4) is 0 Å². The summed E-state index contributed by atoms with van der Waals surface area (Å²) in [4.78, 5) is 14.1. The van der Waals surface area contributed by atoms with E-state index in [0.29, 0.717) is 25.3 Å². The Hall–Kier alpha value is -1.44. The molecule has 1 unspecified atom stereocenters. The van der Waals surface area contributed by atoms with Crippen LogP contribution in [0.4, 0.5) is 0 Å². The lowest BCUT2D eigenvalue weighted by atomic mass is 10.1. The summed E-state index contributed by atoms with van der Waals surface area (Å²) in [7, 11) is -3.27. The second-order valence-electron chi connectivity index (χ2n) is 4.71. The third kappa shape index (κ3) is 3.17. The molecule has 110 valence electrons. The van der Waals surface area contributed by atoms with E-state index in [9.17, 15) is 18.3 Å². The van der Waals surface area contributed by atoms with Crippen molar-refractivity contribution in [2.75, 3.05) is 32.6 Å². The number of hydrogen-bond acceptors (Lipinski definition) is 5. The minimum absolute atomic E-state index is 0.160. The van der Waals surface area contributed by atoms with Gasteiger partial charge in [0.15, 0.2) is 9.84 Å². The molecule has 1 N–H and O–H groups in total. The highest BCUT2D eigenvalue weighted by atomic mass is 32.2. The first-order chi connectivity index (χ1) is 9.43. The smallest absolute Gasteiger partial charge is 0.254 e. The van der Waals surface area contributed by atoms with Crippen molar-refractivity contribution >= 4 is 15.7 Å². The summed E-state index contributed by atoms with van der Waals surface area (Å²) in [5.74, 6) is -0.229. The van der Waals surface area contributed by atoms with Crippen LogP contribution in [-0.2, 0) is 14.6 Å². The number of benzene rings is 1. The van der Waals surface area contributed by atoms with Gasteiger partial charge in [0.05, 0.1) is 30.8 Å². The van der Waals surface area contributed by atoms with Crippen LogP contribution < -0.4 is 0 Å². The van der Waals surface area contributed by atoms with Crippen molar-refractivity contribution in [2.24, 2.45) is 0 Å². The second-order valence-corrected chi connectivity index (χ2v) is 6.72. The number of sulfone groups is 1. The molecule has 1 aromatic rings. The Balaban J connectivity index is 2.20. The number of aliphatic hydroxyl groups is 1. The second kappa shape index (κ2) is 5.90. The van der Waals surface area contributed by atoms with Gasteiger partial charge in [-0.1, -0.05) is 0 Å². The van der Waals surface area contributed by atoms with Gasteiger partial charge in [-0.15, -0.1) is 0 Å².